The van der Waals surface area contributed by atoms with E-state index in [1.165, 1.54) is 22.5 Å². The van der Waals surface area contributed by atoms with E-state index < -0.39 is 21.8 Å². The molecule has 0 spiro atoms. The average molecular weight is 406 g/mol. The van der Waals surface area contributed by atoms with Crippen LogP contribution in [0.15, 0.2) is 27.6 Å². The maximum atomic E-state index is 12.6. The molecule has 0 aromatic heterocycles. The number of amides is 2. The second kappa shape index (κ2) is 7.39. The summed E-state index contributed by atoms with van der Waals surface area (Å²) in [7, 11) is -3.71. The highest BCUT2D eigenvalue weighted by molar-refractivity contribution is 9.10. The molecule has 8 nitrogen and oxygen atoms in total. The van der Waals surface area contributed by atoms with Crippen molar-refractivity contribution < 1.29 is 22.7 Å². The van der Waals surface area contributed by atoms with Crippen molar-refractivity contribution in [2.75, 3.05) is 32.8 Å². The Bertz CT molecular complexity index is 716. The third-order valence-corrected chi connectivity index (χ3v) is 5.80. The standard InChI is InChI=1S/C13H16BrN3O5S/c14-11-2-1-9(7-10(11)13(19)16-8-12(15)18)23(20,21)17-3-5-22-6-4-17/h1-2,7H,3-6,8H2,(H2,15,18)(H,16,19). The molecule has 0 saturated carbocycles. The first-order valence-corrected chi connectivity index (χ1v) is 8.99. The molecular weight excluding hydrogens is 390 g/mol. The monoisotopic (exact) mass is 405 g/mol. The predicted octanol–water partition coefficient (Wildman–Crippen LogP) is -0.315. The maximum absolute atomic E-state index is 12.6. The van der Waals surface area contributed by atoms with Gasteiger partial charge in [-0.1, -0.05) is 0 Å². The van der Waals surface area contributed by atoms with Crippen LogP contribution in [0, 0.1) is 0 Å². The minimum absolute atomic E-state index is 0.00632. The van der Waals surface area contributed by atoms with Crippen LogP contribution < -0.4 is 11.1 Å². The summed E-state index contributed by atoms with van der Waals surface area (Å²) in [6, 6.07) is 4.16. The molecule has 23 heavy (non-hydrogen) atoms. The van der Waals surface area contributed by atoms with Gasteiger partial charge < -0.3 is 15.8 Å². The SMILES string of the molecule is NC(=O)CNC(=O)c1cc(S(=O)(=O)N2CCOCC2)ccc1Br. The number of ether oxygens (including phenoxy) is 1. The number of halogens is 1. The fourth-order valence-electron chi connectivity index (χ4n) is 2.04. The molecule has 1 saturated heterocycles. The molecule has 126 valence electrons. The Hall–Kier alpha value is -1.49. The topological polar surface area (TPSA) is 119 Å². The summed E-state index contributed by atoms with van der Waals surface area (Å²) in [5.41, 5.74) is 5.09. The van der Waals surface area contributed by atoms with E-state index >= 15 is 0 Å². The number of nitrogens with zero attached hydrogens (tertiary/aromatic N) is 1. The number of benzene rings is 1. The molecule has 2 amide bonds. The molecule has 1 aromatic carbocycles. The van der Waals surface area contributed by atoms with Gasteiger partial charge in [0, 0.05) is 17.6 Å². The van der Waals surface area contributed by atoms with Crippen LogP contribution in [-0.2, 0) is 19.6 Å². The zero-order chi connectivity index (χ0) is 17.0. The van der Waals surface area contributed by atoms with Gasteiger partial charge in [-0.25, -0.2) is 8.42 Å². The van der Waals surface area contributed by atoms with Crippen molar-refractivity contribution in [2.45, 2.75) is 4.90 Å². The Labute approximate surface area is 142 Å². The first kappa shape index (κ1) is 17.9. The Morgan fingerprint density at radius 3 is 2.57 bits per heavy atom. The molecule has 2 rings (SSSR count). The molecule has 1 aromatic rings. The molecule has 0 radical (unpaired) electrons. The number of morpholine rings is 1. The number of nitrogens with two attached hydrogens (primary N) is 1. The minimum atomic E-state index is -3.71. The Morgan fingerprint density at radius 1 is 1.30 bits per heavy atom. The fraction of sp³-hybridized carbons (Fsp3) is 0.385. The zero-order valence-corrected chi connectivity index (χ0v) is 14.5. The summed E-state index contributed by atoms with van der Waals surface area (Å²) >= 11 is 3.20. The number of hydrogen-bond acceptors (Lipinski definition) is 5. The van der Waals surface area contributed by atoms with Crippen LogP contribution in [0.2, 0.25) is 0 Å². The summed E-state index contributed by atoms with van der Waals surface area (Å²) in [5.74, 6) is -1.28. The third kappa shape index (κ3) is 4.28. The Morgan fingerprint density at radius 2 is 1.96 bits per heavy atom. The number of nitrogens with one attached hydrogen (secondary N) is 1. The van der Waals surface area contributed by atoms with Gasteiger partial charge in [0.2, 0.25) is 15.9 Å². The summed E-state index contributed by atoms with van der Waals surface area (Å²) < 4.78 is 32.0. The van der Waals surface area contributed by atoms with E-state index in [0.29, 0.717) is 17.7 Å². The molecule has 3 N–H and O–H groups in total. The van der Waals surface area contributed by atoms with Gasteiger partial charge in [-0.05, 0) is 34.1 Å². The minimum Gasteiger partial charge on any atom is -0.379 e. The molecule has 1 aliphatic rings. The van der Waals surface area contributed by atoms with Crippen molar-refractivity contribution in [3.8, 4) is 0 Å². The molecule has 1 aliphatic heterocycles. The number of carbonyl (C=O) groups excluding carboxylic acids is 2. The van der Waals surface area contributed by atoms with Gasteiger partial charge in [-0.3, -0.25) is 9.59 Å². The summed E-state index contributed by atoms with van der Waals surface area (Å²) in [5, 5.41) is 2.33. The van der Waals surface area contributed by atoms with E-state index in [-0.39, 0.29) is 30.1 Å². The van der Waals surface area contributed by atoms with Crippen LogP contribution in [0.25, 0.3) is 0 Å². The number of carbonyl (C=O) groups is 2. The largest absolute Gasteiger partial charge is 0.379 e. The third-order valence-electron chi connectivity index (χ3n) is 3.21. The smallest absolute Gasteiger partial charge is 0.252 e. The average Bonchev–Trinajstić information content (AvgIpc) is 2.53. The molecule has 0 bridgehead atoms. The summed E-state index contributed by atoms with van der Waals surface area (Å²) in [6.45, 7) is 0.873. The second-order valence-electron chi connectivity index (χ2n) is 4.81. The molecule has 1 heterocycles. The van der Waals surface area contributed by atoms with Gasteiger partial charge in [0.25, 0.3) is 5.91 Å². The highest BCUT2D eigenvalue weighted by atomic mass is 79.9. The van der Waals surface area contributed by atoms with Crippen LogP contribution >= 0.6 is 15.9 Å². The van der Waals surface area contributed by atoms with Crippen LogP contribution in [0.3, 0.4) is 0 Å². The lowest BCUT2D eigenvalue weighted by Crippen LogP contribution is -2.40. The zero-order valence-electron chi connectivity index (χ0n) is 12.1. The van der Waals surface area contributed by atoms with E-state index in [4.69, 9.17) is 10.5 Å². The van der Waals surface area contributed by atoms with Gasteiger partial charge in [-0.15, -0.1) is 0 Å². The summed E-state index contributed by atoms with van der Waals surface area (Å²) in [6.07, 6.45) is 0. The normalized spacial score (nSPS) is 16.0. The van der Waals surface area contributed by atoms with Crippen molar-refractivity contribution >= 4 is 37.8 Å². The van der Waals surface area contributed by atoms with E-state index in [1.54, 1.807) is 0 Å². The van der Waals surface area contributed by atoms with Crippen molar-refractivity contribution in [1.82, 2.24) is 9.62 Å². The lowest BCUT2D eigenvalue weighted by molar-refractivity contribution is -0.117. The fourth-order valence-corrected chi connectivity index (χ4v) is 3.90. The number of hydrogen-bond donors (Lipinski definition) is 2. The lowest BCUT2D eigenvalue weighted by Gasteiger charge is -2.26. The molecule has 0 atom stereocenters. The van der Waals surface area contributed by atoms with Crippen LogP contribution in [-0.4, -0.2) is 57.4 Å². The molecule has 0 aliphatic carbocycles. The van der Waals surface area contributed by atoms with Gasteiger partial charge >= 0.3 is 0 Å². The maximum Gasteiger partial charge on any atom is 0.252 e. The van der Waals surface area contributed by atoms with Crippen LogP contribution in [0.4, 0.5) is 0 Å². The Balaban J connectivity index is 2.28. The van der Waals surface area contributed by atoms with E-state index in [9.17, 15) is 18.0 Å². The summed E-state index contributed by atoms with van der Waals surface area (Å²) in [4.78, 5) is 22.8. The predicted molar refractivity (Wildman–Crippen MR) is 85.2 cm³/mol. The first-order chi connectivity index (χ1) is 10.8. The van der Waals surface area contributed by atoms with E-state index in [2.05, 4.69) is 21.2 Å². The number of primary amides is 1. The van der Waals surface area contributed by atoms with Crippen LogP contribution in [0.5, 0.6) is 0 Å². The molecule has 0 unspecified atom stereocenters. The highest BCUT2D eigenvalue weighted by Crippen LogP contribution is 2.24. The first-order valence-electron chi connectivity index (χ1n) is 6.76. The number of rotatable bonds is 5. The van der Waals surface area contributed by atoms with Gasteiger partial charge in [-0.2, -0.15) is 4.31 Å². The lowest BCUT2D eigenvalue weighted by atomic mass is 10.2. The van der Waals surface area contributed by atoms with Gasteiger partial charge in [0.15, 0.2) is 0 Å². The van der Waals surface area contributed by atoms with Crippen LogP contribution in [0.1, 0.15) is 10.4 Å². The quantitative estimate of drug-likeness (QED) is 0.695. The molecule has 10 heteroatoms. The van der Waals surface area contributed by atoms with Crippen molar-refractivity contribution in [2.24, 2.45) is 5.73 Å². The van der Waals surface area contributed by atoms with E-state index in [0.717, 1.165) is 0 Å². The van der Waals surface area contributed by atoms with Crippen molar-refractivity contribution in [3.05, 3.63) is 28.2 Å². The second-order valence-corrected chi connectivity index (χ2v) is 7.60. The number of sulfonamides is 1. The van der Waals surface area contributed by atoms with Gasteiger partial charge in [0.1, 0.15) is 0 Å². The van der Waals surface area contributed by atoms with Crippen molar-refractivity contribution in [1.29, 1.82) is 0 Å². The molecule has 1 fully saturated rings. The van der Waals surface area contributed by atoms with Gasteiger partial charge in [0.05, 0.1) is 30.2 Å². The Kier molecular flexibility index (Phi) is 5.74. The molecular formula is C13H16BrN3O5S. The van der Waals surface area contributed by atoms with Crippen molar-refractivity contribution in [3.63, 3.8) is 0 Å². The van der Waals surface area contributed by atoms with E-state index in [1.807, 2.05) is 0 Å². The highest BCUT2D eigenvalue weighted by Gasteiger charge is 2.27.